The molecule has 2 aromatic rings. The summed E-state index contributed by atoms with van der Waals surface area (Å²) in [4.78, 5) is 27.2. The molecular weight excluding hydrogens is 415 g/mol. The number of nitrogens with one attached hydrogen (secondary N) is 1. The first-order chi connectivity index (χ1) is 13.9. The maximum atomic E-state index is 12.8. The van der Waals surface area contributed by atoms with E-state index in [1.807, 2.05) is 18.2 Å². The van der Waals surface area contributed by atoms with Crippen LogP contribution < -0.4 is 14.8 Å². The van der Waals surface area contributed by atoms with Crippen LogP contribution in [0.5, 0.6) is 11.5 Å². The van der Waals surface area contributed by atoms with Crippen LogP contribution in [0.2, 0.25) is 10.0 Å². The van der Waals surface area contributed by atoms with Crippen LogP contribution >= 0.6 is 23.2 Å². The monoisotopic (exact) mass is 434 g/mol. The number of benzene rings is 2. The second kappa shape index (κ2) is 7.76. The van der Waals surface area contributed by atoms with Crippen molar-refractivity contribution in [2.45, 2.75) is 31.8 Å². The number of rotatable bonds is 5. The van der Waals surface area contributed by atoms with Gasteiger partial charge in [0.25, 0.3) is 0 Å². The molecule has 2 heterocycles. The van der Waals surface area contributed by atoms with E-state index in [2.05, 4.69) is 5.32 Å². The number of likely N-dealkylation sites (tertiary alicyclic amines) is 1. The van der Waals surface area contributed by atoms with E-state index in [-0.39, 0.29) is 25.0 Å². The van der Waals surface area contributed by atoms with Crippen molar-refractivity contribution in [2.75, 3.05) is 13.3 Å². The molecule has 29 heavy (non-hydrogen) atoms. The molecule has 4 rings (SSSR count). The highest BCUT2D eigenvalue weighted by Crippen LogP contribution is 2.34. The van der Waals surface area contributed by atoms with Gasteiger partial charge in [-0.25, -0.2) is 0 Å². The van der Waals surface area contributed by atoms with E-state index < -0.39 is 5.54 Å². The molecule has 0 saturated carbocycles. The fraction of sp³-hybridized carbons (Fsp3) is 0.333. The summed E-state index contributed by atoms with van der Waals surface area (Å²) in [6.45, 7) is 2.87. The molecule has 0 aliphatic carbocycles. The highest BCUT2D eigenvalue weighted by atomic mass is 35.5. The Balaban J connectivity index is 1.38. The minimum Gasteiger partial charge on any atom is -0.454 e. The smallest absolute Gasteiger partial charge is 0.246 e. The van der Waals surface area contributed by atoms with Gasteiger partial charge in [0.15, 0.2) is 11.5 Å². The molecule has 1 N–H and O–H groups in total. The minimum atomic E-state index is -0.869. The summed E-state index contributed by atoms with van der Waals surface area (Å²) in [5.74, 6) is 1.05. The molecule has 0 radical (unpaired) electrons. The van der Waals surface area contributed by atoms with E-state index in [4.69, 9.17) is 32.7 Å². The predicted octanol–water partition coefficient (Wildman–Crippen LogP) is 3.57. The first kappa shape index (κ1) is 19.9. The zero-order chi connectivity index (χ0) is 20.6. The van der Waals surface area contributed by atoms with Crippen LogP contribution in [0.1, 0.15) is 24.5 Å². The maximum Gasteiger partial charge on any atom is 0.246 e. The Labute approximate surface area is 178 Å². The van der Waals surface area contributed by atoms with Crippen LogP contribution in [-0.4, -0.2) is 35.6 Å². The van der Waals surface area contributed by atoms with Crippen molar-refractivity contribution in [2.24, 2.45) is 0 Å². The number of fused-ring (bicyclic) bond motifs is 1. The van der Waals surface area contributed by atoms with Crippen molar-refractivity contribution in [3.8, 4) is 11.5 Å². The third-order valence-corrected chi connectivity index (χ3v) is 6.04. The molecule has 0 aromatic heterocycles. The van der Waals surface area contributed by atoms with Gasteiger partial charge in [-0.3, -0.25) is 9.59 Å². The summed E-state index contributed by atoms with van der Waals surface area (Å²) in [5.41, 5.74) is 0.721. The minimum absolute atomic E-state index is 0.126. The summed E-state index contributed by atoms with van der Waals surface area (Å²) >= 11 is 12.1. The van der Waals surface area contributed by atoms with Gasteiger partial charge >= 0.3 is 0 Å². The van der Waals surface area contributed by atoms with Crippen LogP contribution in [-0.2, 0) is 22.6 Å². The zero-order valence-corrected chi connectivity index (χ0v) is 17.3. The van der Waals surface area contributed by atoms with Gasteiger partial charge in [-0.2, -0.15) is 0 Å². The Kier molecular flexibility index (Phi) is 5.32. The molecule has 8 heteroatoms. The van der Waals surface area contributed by atoms with Gasteiger partial charge in [0.2, 0.25) is 18.6 Å². The first-order valence-corrected chi connectivity index (χ1v) is 10.0. The number of carbonyl (C=O) groups excluding carboxylic acids is 2. The molecule has 0 bridgehead atoms. The molecule has 1 atom stereocenters. The molecule has 2 aliphatic rings. The molecule has 6 nitrogen and oxygen atoms in total. The summed E-state index contributed by atoms with van der Waals surface area (Å²) < 4.78 is 10.7. The molecule has 2 aliphatic heterocycles. The first-order valence-electron chi connectivity index (χ1n) is 9.28. The number of ether oxygens (including phenoxy) is 2. The fourth-order valence-electron chi connectivity index (χ4n) is 3.54. The van der Waals surface area contributed by atoms with E-state index in [0.29, 0.717) is 46.6 Å². The molecule has 0 spiro atoms. The summed E-state index contributed by atoms with van der Waals surface area (Å²) in [6.07, 6.45) is 0.737. The van der Waals surface area contributed by atoms with Gasteiger partial charge in [0.1, 0.15) is 5.54 Å². The standard InChI is InChI=1S/C21H20Cl2N2O4/c1-21(20(27)24-11-13-2-5-17-18(8-13)29-12-28-17)6-7-25(21)19(26)9-14-3-4-15(22)10-16(14)23/h2-5,8,10H,6-7,9,11-12H2,1H3,(H,24,27). The van der Waals surface area contributed by atoms with Crippen LogP contribution in [0.15, 0.2) is 36.4 Å². The number of hydrogen-bond donors (Lipinski definition) is 1. The third kappa shape index (κ3) is 3.87. The molecule has 1 unspecified atom stereocenters. The second-order valence-corrected chi connectivity index (χ2v) is 8.20. The van der Waals surface area contributed by atoms with Crippen molar-refractivity contribution >= 4 is 35.0 Å². The van der Waals surface area contributed by atoms with Crippen molar-refractivity contribution < 1.29 is 19.1 Å². The predicted molar refractivity (Wildman–Crippen MR) is 109 cm³/mol. The molecule has 1 saturated heterocycles. The molecule has 152 valence electrons. The fourth-order valence-corrected chi connectivity index (χ4v) is 4.02. The Bertz CT molecular complexity index is 981. The largest absolute Gasteiger partial charge is 0.454 e. The quantitative estimate of drug-likeness (QED) is 0.780. The van der Waals surface area contributed by atoms with Gasteiger partial charge in [-0.1, -0.05) is 35.3 Å². The van der Waals surface area contributed by atoms with Crippen molar-refractivity contribution in [3.05, 3.63) is 57.6 Å². The van der Waals surface area contributed by atoms with Crippen LogP contribution in [0.25, 0.3) is 0 Å². The highest BCUT2D eigenvalue weighted by molar-refractivity contribution is 6.35. The second-order valence-electron chi connectivity index (χ2n) is 7.35. The Morgan fingerprint density at radius 3 is 2.66 bits per heavy atom. The van der Waals surface area contributed by atoms with E-state index in [9.17, 15) is 9.59 Å². The maximum absolute atomic E-state index is 12.8. The van der Waals surface area contributed by atoms with Gasteiger partial charge in [-0.05, 0) is 48.7 Å². The average molecular weight is 435 g/mol. The number of amides is 2. The van der Waals surface area contributed by atoms with Crippen LogP contribution in [0.3, 0.4) is 0 Å². The molecule has 1 fully saturated rings. The van der Waals surface area contributed by atoms with Gasteiger partial charge in [0, 0.05) is 23.1 Å². The summed E-state index contributed by atoms with van der Waals surface area (Å²) in [5, 5.41) is 3.89. The lowest BCUT2D eigenvalue weighted by atomic mass is 9.84. The number of hydrogen-bond acceptors (Lipinski definition) is 4. The summed E-state index contributed by atoms with van der Waals surface area (Å²) in [7, 11) is 0. The van der Waals surface area contributed by atoms with E-state index >= 15 is 0 Å². The highest BCUT2D eigenvalue weighted by Gasteiger charge is 2.49. The van der Waals surface area contributed by atoms with Gasteiger partial charge in [0.05, 0.1) is 6.42 Å². The normalized spacial score (nSPS) is 19.6. The zero-order valence-electron chi connectivity index (χ0n) is 15.8. The molecule has 2 aromatic carbocycles. The van der Waals surface area contributed by atoms with Crippen LogP contribution in [0.4, 0.5) is 0 Å². The topological polar surface area (TPSA) is 67.9 Å². The Morgan fingerprint density at radius 1 is 1.14 bits per heavy atom. The van der Waals surface area contributed by atoms with Crippen molar-refractivity contribution in [1.82, 2.24) is 10.2 Å². The van der Waals surface area contributed by atoms with Crippen molar-refractivity contribution in [1.29, 1.82) is 0 Å². The molecule has 2 amide bonds. The van der Waals surface area contributed by atoms with Gasteiger partial charge < -0.3 is 19.7 Å². The lowest BCUT2D eigenvalue weighted by Crippen LogP contribution is -2.67. The Morgan fingerprint density at radius 2 is 1.93 bits per heavy atom. The lowest BCUT2D eigenvalue weighted by molar-refractivity contribution is -0.157. The number of halogens is 2. The Hall–Kier alpha value is -2.44. The number of carbonyl (C=O) groups is 2. The van der Waals surface area contributed by atoms with E-state index in [1.165, 1.54) is 0 Å². The van der Waals surface area contributed by atoms with Gasteiger partial charge in [-0.15, -0.1) is 0 Å². The SMILES string of the molecule is CC1(C(=O)NCc2ccc3c(c2)OCO3)CCN1C(=O)Cc1ccc(Cl)cc1Cl. The van der Waals surface area contributed by atoms with Crippen LogP contribution in [0, 0.1) is 0 Å². The third-order valence-electron chi connectivity index (χ3n) is 5.46. The molecular formula is C21H20Cl2N2O4. The van der Waals surface area contributed by atoms with E-state index in [0.717, 1.165) is 5.56 Å². The summed E-state index contributed by atoms with van der Waals surface area (Å²) in [6, 6.07) is 10.6. The average Bonchev–Trinajstić information content (AvgIpc) is 3.14. The number of nitrogens with zero attached hydrogens (tertiary/aromatic N) is 1. The lowest BCUT2D eigenvalue weighted by Gasteiger charge is -2.49. The van der Waals surface area contributed by atoms with E-state index in [1.54, 1.807) is 30.0 Å². The van der Waals surface area contributed by atoms with Crippen molar-refractivity contribution in [3.63, 3.8) is 0 Å².